The van der Waals surface area contributed by atoms with Crippen molar-refractivity contribution in [3.8, 4) is 17.1 Å². The highest BCUT2D eigenvalue weighted by Gasteiger charge is 2.11. The maximum atomic E-state index is 5.36. The number of pyridine rings is 1. The molecule has 1 aromatic carbocycles. The Morgan fingerprint density at radius 2 is 1.96 bits per heavy atom. The van der Waals surface area contributed by atoms with E-state index in [1.54, 1.807) is 31.3 Å². The van der Waals surface area contributed by atoms with Crippen LogP contribution in [0.5, 0.6) is 5.88 Å². The number of benzene rings is 1. The van der Waals surface area contributed by atoms with E-state index in [0.717, 1.165) is 16.8 Å². The fourth-order valence-corrected chi connectivity index (χ4v) is 2.65. The molecule has 3 aromatic rings. The minimum Gasteiger partial charge on any atom is -0.479 e. The summed E-state index contributed by atoms with van der Waals surface area (Å²) < 4.78 is 5.36. The van der Waals surface area contributed by atoms with Crippen molar-refractivity contribution in [3.05, 3.63) is 60.6 Å². The number of thioether (sulfide) groups is 1. The summed E-state index contributed by atoms with van der Waals surface area (Å²) in [5.74, 6) is 1.21. The maximum absolute atomic E-state index is 5.36. The molecule has 0 unspecified atom stereocenters. The smallest absolute Gasteiger partial charge is 0.240 e. The number of ether oxygens (including phenoxy) is 1. The van der Waals surface area contributed by atoms with E-state index in [9.17, 15) is 0 Å². The van der Waals surface area contributed by atoms with Gasteiger partial charge in [0.1, 0.15) is 11.5 Å². The molecule has 0 spiro atoms. The average molecular weight is 338 g/mol. The summed E-state index contributed by atoms with van der Waals surface area (Å²) in [5.41, 5.74) is 2.78. The largest absolute Gasteiger partial charge is 0.479 e. The molecule has 0 aliphatic carbocycles. The van der Waals surface area contributed by atoms with Crippen molar-refractivity contribution in [3.63, 3.8) is 0 Å². The van der Waals surface area contributed by atoms with Gasteiger partial charge in [-0.2, -0.15) is 0 Å². The van der Waals surface area contributed by atoms with E-state index in [1.807, 2.05) is 30.5 Å². The normalized spacial score (nSPS) is 10.4. The van der Waals surface area contributed by atoms with Gasteiger partial charge in [0, 0.05) is 29.4 Å². The molecule has 3 rings (SSSR count). The zero-order valence-corrected chi connectivity index (χ0v) is 14.4. The summed E-state index contributed by atoms with van der Waals surface area (Å²) in [6.45, 7) is 0.639. The Kier molecular flexibility index (Phi) is 5.28. The van der Waals surface area contributed by atoms with Crippen molar-refractivity contribution in [1.82, 2.24) is 15.0 Å². The first-order valence-corrected chi connectivity index (χ1v) is 8.71. The molecule has 0 aliphatic heterocycles. The fraction of sp³-hybridized carbons (Fsp3) is 0.167. The number of hydrogen-bond acceptors (Lipinski definition) is 6. The fourth-order valence-electron chi connectivity index (χ4n) is 2.24. The number of rotatable bonds is 6. The Morgan fingerprint density at radius 1 is 1.12 bits per heavy atom. The Morgan fingerprint density at radius 3 is 2.62 bits per heavy atom. The van der Waals surface area contributed by atoms with Crippen molar-refractivity contribution < 1.29 is 4.74 Å². The number of anilines is 1. The topological polar surface area (TPSA) is 59.9 Å². The number of methoxy groups -OCH3 is 1. The molecule has 0 aliphatic rings. The van der Waals surface area contributed by atoms with Crippen LogP contribution in [0.3, 0.4) is 0 Å². The Labute approximate surface area is 145 Å². The second-order valence-corrected chi connectivity index (χ2v) is 5.94. The van der Waals surface area contributed by atoms with Crippen molar-refractivity contribution in [2.75, 3.05) is 18.7 Å². The molecule has 0 saturated heterocycles. The van der Waals surface area contributed by atoms with Gasteiger partial charge in [-0.3, -0.25) is 4.98 Å². The summed E-state index contributed by atoms with van der Waals surface area (Å²) in [6, 6.07) is 12.1. The van der Waals surface area contributed by atoms with E-state index in [0.29, 0.717) is 18.2 Å². The van der Waals surface area contributed by atoms with E-state index in [-0.39, 0.29) is 0 Å². The lowest BCUT2D eigenvalue weighted by Crippen LogP contribution is -2.04. The third kappa shape index (κ3) is 3.83. The number of nitrogens with zero attached hydrogens (tertiary/aromatic N) is 3. The molecule has 2 heterocycles. The first-order valence-electron chi connectivity index (χ1n) is 7.48. The molecule has 6 heteroatoms. The highest BCUT2D eigenvalue weighted by atomic mass is 32.2. The lowest BCUT2D eigenvalue weighted by atomic mass is 10.1. The molecular weight excluding hydrogens is 320 g/mol. The van der Waals surface area contributed by atoms with Crippen LogP contribution < -0.4 is 10.1 Å². The van der Waals surface area contributed by atoms with Gasteiger partial charge in [-0.15, -0.1) is 11.8 Å². The van der Waals surface area contributed by atoms with Gasteiger partial charge in [0.15, 0.2) is 0 Å². The summed E-state index contributed by atoms with van der Waals surface area (Å²) in [6.07, 6.45) is 7.31. The zero-order valence-electron chi connectivity index (χ0n) is 13.6. The van der Waals surface area contributed by atoms with Crippen LogP contribution in [0, 0.1) is 0 Å². The standard InChI is InChI=1S/C18H18N4OS/c1-23-18-17(14-5-7-15(24-2)8-6-14)22-16(12-21-18)20-11-13-4-3-9-19-10-13/h3-10,12H,11H2,1-2H3,(H,20,22). The van der Waals surface area contributed by atoms with E-state index in [2.05, 4.69) is 38.7 Å². The van der Waals surface area contributed by atoms with Crippen LogP contribution in [0.4, 0.5) is 5.82 Å². The monoisotopic (exact) mass is 338 g/mol. The second-order valence-electron chi connectivity index (χ2n) is 5.06. The van der Waals surface area contributed by atoms with E-state index in [1.165, 1.54) is 4.90 Å². The maximum Gasteiger partial charge on any atom is 0.240 e. The summed E-state index contributed by atoms with van der Waals surface area (Å²) in [7, 11) is 1.60. The number of hydrogen-bond donors (Lipinski definition) is 1. The third-order valence-electron chi connectivity index (χ3n) is 3.49. The molecule has 1 N–H and O–H groups in total. The predicted octanol–water partition coefficient (Wildman–Crippen LogP) is 3.88. The van der Waals surface area contributed by atoms with Crippen LogP contribution in [0.1, 0.15) is 5.56 Å². The van der Waals surface area contributed by atoms with Crippen molar-refractivity contribution in [1.29, 1.82) is 0 Å². The minimum absolute atomic E-state index is 0.513. The molecule has 0 saturated carbocycles. The molecular formula is C18H18N4OS. The van der Waals surface area contributed by atoms with Crippen LogP contribution >= 0.6 is 11.8 Å². The lowest BCUT2D eigenvalue weighted by molar-refractivity contribution is 0.398. The van der Waals surface area contributed by atoms with Crippen LogP contribution in [0.15, 0.2) is 59.9 Å². The minimum atomic E-state index is 0.513. The second kappa shape index (κ2) is 7.79. The Bertz CT molecular complexity index is 794. The van der Waals surface area contributed by atoms with Gasteiger partial charge < -0.3 is 10.1 Å². The van der Waals surface area contributed by atoms with Crippen LogP contribution in [0.2, 0.25) is 0 Å². The predicted molar refractivity (Wildman–Crippen MR) is 97.4 cm³/mol. The van der Waals surface area contributed by atoms with E-state index >= 15 is 0 Å². The molecule has 0 radical (unpaired) electrons. The quantitative estimate of drug-likeness (QED) is 0.688. The van der Waals surface area contributed by atoms with Crippen molar-refractivity contribution in [2.45, 2.75) is 11.4 Å². The summed E-state index contributed by atoms with van der Waals surface area (Å²) in [5, 5.41) is 3.27. The van der Waals surface area contributed by atoms with Crippen LogP contribution in [0.25, 0.3) is 11.3 Å². The Hall–Kier alpha value is -2.60. The lowest BCUT2D eigenvalue weighted by Gasteiger charge is -2.11. The van der Waals surface area contributed by atoms with Crippen LogP contribution in [-0.2, 0) is 6.54 Å². The molecule has 0 bridgehead atoms. The summed E-state index contributed by atoms with van der Waals surface area (Å²) in [4.78, 5) is 14.3. The molecule has 122 valence electrons. The highest BCUT2D eigenvalue weighted by molar-refractivity contribution is 7.98. The van der Waals surface area contributed by atoms with Crippen LogP contribution in [-0.4, -0.2) is 28.3 Å². The Balaban J connectivity index is 1.84. The SMILES string of the molecule is COc1ncc(NCc2cccnc2)nc1-c1ccc(SC)cc1. The van der Waals surface area contributed by atoms with Gasteiger partial charge in [-0.05, 0) is 30.0 Å². The third-order valence-corrected chi connectivity index (χ3v) is 4.24. The molecule has 0 amide bonds. The van der Waals surface area contributed by atoms with Crippen molar-refractivity contribution in [2.24, 2.45) is 0 Å². The molecule has 0 atom stereocenters. The number of aromatic nitrogens is 3. The van der Waals surface area contributed by atoms with Gasteiger partial charge in [0.05, 0.1) is 13.3 Å². The van der Waals surface area contributed by atoms with Gasteiger partial charge >= 0.3 is 0 Å². The van der Waals surface area contributed by atoms with Crippen molar-refractivity contribution >= 4 is 17.6 Å². The van der Waals surface area contributed by atoms with E-state index < -0.39 is 0 Å². The van der Waals surface area contributed by atoms with Gasteiger partial charge in [0.2, 0.25) is 5.88 Å². The molecule has 24 heavy (non-hydrogen) atoms. The summed E-state index contributed by atoms with van der Waals surface area (Å²) >= 11 is 1.71. The number of nitrogens with one attached hydrogen (secondary N) is 1. The zero-order chi connectivity index (χ0) is 16.8. The molecule has 5 nitrogen and oxygen atoms in total. The van der Waals surface area contributed by atoms with Gasteiger partial charge in [-0.25, -0.2) is 9.97 Å². The molecule has 2 aromatic heterocycles. The average Bonchev–Trinajstić information content (AvgIpc) is 2.67. The first kappa shape index (κ1) is 16.3. The van der Waals surface area contributed by atoms with E-state index in [4.69, 9.17) is 4.74 Å². The van der Waals surface area contributed by atoms with Gasteiger partial charge in [0.25, 0.3) is 0 Å². The molecule has 0 fully saturated rings. The highest BCUT2D eigenvalue weighted by Crippen LogP contribution is 2.28. The van der Waals surface area contributed by atoms with Gasteiger partial charge in [-0.1, -0.05) is 18.2 Å². The first-order chi connectivity index (χ1) is 11.8.